The third kappa shape index (κ3) is 5.68. The van der Waals surface area contributed by atoms with Gasteiger partial charge in [-0.3, -0.25) is 9.69 Å². The molecule has 0 radical (unpaired) electrons. The number of amides is 1. The first kappa shape index (κ1) is 16.8. The fourth-order valence-electron chi connectivity index (χ4n) is 2.99. The zero-order valence-corrected chi connectivity index (χ0v) is 13.8. The first-order valence-corrected chi connectivity index (χ1v) is 8.37. The van der Waals surface area contributed by atoms with Crippen LogP contribution in [0.1, 0.15) is 44.6 Å². The number of rotatable bonds is 7. The molecule has 1 aliphatic carbocycles. The Kier molecular flexibility index (Phi) is 6.72. The molecule has 0 aliphatic heterocycles. The molecule has 0 unspecified atom stereocenters. The van der Waals surface area contributed by atoms with Crippen LogP contribution in [-0.2, 0) is 11.3 Å². The topological polar surface area (TPSA) is 41.6 Å². The van der Waals surface area contributed by atoms with Crippen molar-refractivity contribution in [3.8, 4) is 5.75 Å². The van der Waals surface area contributed by atoms with Gasteiger partial charge in [-0.2, -0.15) is 0 Å². The molecule has 0 saturated heterocycles. The van der Waals surface area contributed by atoms with Crippen LogP contribution in [0.25, 0.3) is 0 Å². The summed E-state index contributed by atoms with van der Waals surface area (Å²) in [6.07, 6.45) is 6.06. The number of nitrogens with zero attached hydrogens (tertiary/aromatic N) is 1. The average molecular weight is 304 g/mol. The number of carbonyl (C=O) groups is 1. The van der Waals surface area contributed by atoms with Gasteiger partial charge in [-0.25, -0.2) is 0 Å². The Balaban J connectivity index is 1.74. The minimum atomic E-state index is 0.139. The quantitative estimate of drug-likeness (QED) is 0.842. The zero-order valence-electron chi connectivity index (χ0n) is 13.8. The van der Waals surface area contributed by atoms with E-state index < -0.39 is 0 Å². The Morgan fingerprint density at radius 3 is 2.55 bits per heavy atom. The summed E-state index contributed by atoms with van der Waals surface area (Å²) < 4.78 is 5.44. The number of benzene rings is 1. The molecular weight excluding hydrogens is 276 g/mol. The molecule has 1 fully saturated rings. The van der Waals surface area contributed by atoms with Crippen molar-refractivity contribution in [1.29, 1.82) is 0 Å². The number of nitrogens with one attached hydrogen (secondary N) is 1. The lowest BCUT2D eigenvalue weighted by Gasteiger charge is -2.24. The van der Waals surface area contributed by atoms with Crippen LogP contribution in [0.4, 0.5) is 0 Å². The van der Waals surface area contributed by atoms with Crippen molar-refractivity contribution in [3.63, 3.8) is 0 Å². The maximum Gasteiger partial charge on any atom is 0.234 e. The maximum absolute atomic E-state index is 12.1. The molecule has 0 atom stereocenters. The highest BCUT2D eigenvalue weighted by Gasteiger charge is 2.16. The summed E-state index contributed by atoms with van der Waals surface area (Å²) in [6.45, 7) is 3.88. The minimum absolute atomic E-state index is 0.139. The number of ether oxygens (including phenoxy) is 1. The maximum atomic E-state index is 12.1. The second kappa shape index (κ2) is 8.79. The fourth-order valence-corrected chi connectivity index (χ4v) is 2.99. The predicted octanol–water partition coefficient (Wildman–Crippen LogP) is 2.97. The van der Waals surface area contributed by atoms with E-state index in [2.05, 4.69) is 17.4 Å². The van der Waals surface area contributed by atoms with Crippen molar-refractivity contribution >= 4 is 5.91 Å². The van der Waals surface area contributed by atoms with E-state index in [9.17, 15) is 4.79 Å². The van der Waals surface area contributed by atoms with Gasteiger partial charge in [-0.1, -0.05) is 31.4 Å². The predicted molar refractivity (Wildman–Crippen MR) is 89.0 cm³/mol. The van der Waals surface area contributed by atoms with Crippen LogP contribution in [0.15, 0.2) is 24.3 Å². The Bertz CT molecular complexity index is 453. The highest BCUT2D eigenvalue weighted by Crippen LogP contribution is 2.17. The van der Waals surface area contributed by atoms with Gasteiger partial charge in [0, 0.05) is 12.6 Å². The number of hydrogen-bond donors (Lipinski definition) is 1. The summed E-state index contributed by atoms with van der Waals surface area (Å²) in [6, 6.07) is 8.46. The van der Waals surface area contributed by atoms with Gasteiger partial charge in [0.1, 0.15) is 5.75 Å². The van der Waals surface area contributed by atoms with Gasteiger partial charge in [0.2, 0.25) is 5.91 Å². The van der Waals surface area contributed by atoms with E-state index in [0.29, 0.717) is 19.2 Å². The van der Waals surface area contributed by atoms with Crippen LogP contribution in [-0.4, -0.2) is 37.0 Å². The summed E-state index contributed by atoms with van der Waals surface area (Å²) >= 11 is 0. The molecule has 1 N–H and O–H groups in total. The Labute approximate surface area is 133 Å². The molecule has 0 spiro atoms. The molecular formula is C18H28N2O2. The zero-order chi connectivity index (χ0) is 15.8. The van der Waals surface area contributed by atoms with Crippen LogP contribution < -0.4 is 10.1 Å². The van der Waals surface area contributed by atoms with Crippen LogP contribution in [0.2, 0.25) is 0 Å². The molecule has 22 heavy (non-hydrogen) atoms. The summed E-state index contributed by atoms with van der Waals surface area (Å²) in [7, 11) is 1.98. The van der Waals surface area contributed by atoms with Gasteiger partial charge >= 0.3 is 0 Å². The minimum Gasteiger partial charge on any atom is -0.494 e. The lowest BCUT2D eigenvalue weighted by Crippen LogP contribution is -2.41. The van der Waals surface area contributed by atoms with Crippen molar-refractivity contribution in [3.05, 3.63) is 29.8 Å². The smallest absolute Gasteiger partial charge is 0.234 e. The number of likely N-dealkylation sites (N-methyl/N-ethyl adjacent to an activating group) is 1. The van der Waals surface area contributed by atoms with Crippen LogP contribution in [0.3, 0.4) is 0 Å². The fraction of sp³-hybridized carbons (Fsp3) is 0.611. The molecule has 4 nitrogen and oxygen atoms in total. The van der Waals surface area contributed by atoms with E-state index in [1.807, 2.05) is 31.0 Å². The van der Waals surface area contributed by atoms with Crippen molar-refractivity contribution in [1.82, 2.24) is 10.2 Å². The van der Waals surface area contributed by atoms with Gasteiger partial charge < -0.3 is 10.1 Å². The molecule has 2 rings (SSSR count). The van der Waals surface area contributed by atoms with Gasteiger partial charge in [-0.05, 0) is 44.5 Å². The monoisotopic (exact) mass is 304 g/mol. The molecule has 122 valence electrons. The van der Waals surface area contributed by atoms with E-state index in [1.165, 1.54) is 24.8 Å². The summed E-state index contributed by atoms with van der Waals surface area (Å²) in [5.74, 6) is 1.03. The first-order valence-electron chi connectivity index (χ1n) is 8.37. The van der Waals surface area contributed by atoms with Crippen LogP contribution in [0.5, 0.6) is 5.75 Å². The van der Waals surface area contributed by atoms with Crippen molar-refractivity contribution in [2.75, 3.05) is 20.2 Å². The van der Waals surface area contributed by atoms with Gasteiger partial charge in [0.05, 0.1) is 13.2 Å². The highest BCUT2D eigenvalue weighted by molar-refractivity contribution is 5.78. The second-order valence-corrected chi connectivity index (χ2v) is 6.15. The van der Waals surface area contributed by atoms with Crippen molar-refractivity contribution < 1.29 is 9.53 Å². The molecule has 1 aliphatic rings. The van der Waals surface area contributed by atoms with Gasteiger partial charge in [-0.15, -0.1) is 0 Å². The third-order valence-electron chi connectivity index (χ3n) is 4.07. The Morgan fingerprint density at radius 2 is 1.91 bits per heavy atom. The average Bonchev–Trinajstić information content (AvgIpc) is 2.50. The molecule has 1 saturated carbocycles. The second-order valence-electron chi connectivity index (χ2n) is 6.15. The van der Waals surface area contributed by atoms with Crippen LogP contribution >= 0.6 is 0 Å². The highest BCUT2D eigenvalue weighted by atomic mass is 16.5. The summed E-state index contributed by atoms with van der Waals surface area (Å²) in [5.41, 5.74) is 1.19. The number of carbonyl (C=O) groups excluding carboxylic acids is 1. The molecule has 0 heterocycles. The lowest BCUT2D eigenvalue weighted by atomic mass is 9.95. The molecule has 1 aromatic carbocycles. The van der Waals surface area contributed by atoms with Gasteiger partial charge in [0.15, 0.2) is 0 Å². The third-order valence-corrected chi connectivity index (χ3v) is 4.07. The van der Waals surface area contributed by atoms with E-state index >= 15 is 0 Å². The first-order chi connectivity index (χ1) is 10.7. The van der Waals surface area contributed by atoms with Crippen molar-refractivity contribution in [2.24, 2.45) is 0 Å². The van der Waals surface area contributed by atoms with E-state index in [4.69, 9.17) is 4.74 Å². The van der Waals surface area contributed by atoms with E-state index in [1.54, 1.807) is 0 Å². The molecule has 1 aromatic rings. The van der Waals surface area contributed by atoms with E-state index in [-0.39, 0.29) is 5.91 Å². The standard InChI is InChI=1S/C18H28N2O2/c1-3-22-17-11-9-15(10-12-17)13-20(2)14-18(21)19-16-7-5-4-6-8-16/h9-12,16H,3-8,13-14H2,1-2H3,(H,19,21). The Morgan fingerprint density at radius 1 is 1.23 bits per heavy atom. The number of hydrogen-bond acceptors (Lipinski definition) is 3. The van der Waals surface area contributed by atoms with Gasteiger partial charge in [0.25, 0.3) is 0 Å². The lowest BCUT2D eigenvalue weighted by molar-refractivity contribution is -0.123. The normalized spacial score (nSPS) is 15.8. The SMILES string of the molecule is CCOc1ccc(CN(C)CC(=O)NC2CCCCC2)cc1. The largest absolute Gasteiger partial charge is 0.494 e. The Hall–Kier alpha value is -1.55. The summed E-state index contributed by atoms with van der Waals surface area (Å²) in [4.78, 5) is 14.1. The molecule has 0 aromatic heterocycles. The van der Waals surface area contributed by atoms with Crippen molar-refractivity contribution in [2.45, 2.75) is 51.6 Å². The summed E-state index contributed by atoms with van der Waals surface area (Å²) in [5, 5.41) is 3.16. The molecule has 1 amide bonds. The van der Waals surface area contributed by atoms with E-state index in [0.717, 1.165) is 25.1 Å². The van der Waals surface area contributed by atoms with Crippen LogP contribution in [0, 0.1) is 0 Å². The molecule has 4 heteroatoms. The molecule has 0 bridgehead atoms.